The average molecular weight is 218 g/mol. The number of carbonyl (C=O) groups excluding carboxylic acids is 1. The number of hydrogen-bond acceptors (Lipinski definition) is 2. The highest BCUT2D eigenvalue weighted by molar-refractivity contribution is 5.81. The molecule has 0 aromatic carbocycles. The van der Waals surface area contributed by atoms with E-state index in [9.17, 15) is 4.79 Å². The van der Waals surface area contributed by atoms with Crippen molar-refractivity contribution in [2.24, 2.45) is 7.05 Å². The molecular weight excluding hydrogens is 200 g/mol. The summed E-state index contributed by atoms with van der Waals surface area (Å²) < 4.78 is 1.82. The smallest absolute Gasteiger partial charge is 0.137 e. The van der Waals surface area contributed by atoms with Crippen molar-refractivity contribution in [3.05, 3.63) is 17.0 Å². The summed E-state index contributed by atoms with van der Waals surface area (Å²) in [5.41, 5.74) is 3.08. The molecule has 0 radical (unpaired) electrons. The van der Waals surface area contributed by atoms with E-state index in [1.807, 2.05) is 25.6 Å². The van der Waals surface area contributed by atoms with Crippen molar-refractivity contribution < 1.29 is 4.79 Å². The molecule has 0 aliphatic carbocycles. The van der Waals surface area contributed by atoms with Crippen molar-refractivity contribution in [1.29, 1.82) is 0 Å². The maximum absolute atomic E-state index is 11.7. The molecule has 16 heavy (non-hydrogen) atoms. The molecule has 1 aromatic rings. The van der Waals surface area contributed by atoms with E-state index in [4.69, 9.17) is 6.42 Å². The van der Waals surface area contributed by atoms with E-state index >= 15 is 0 Å². The number of ketones is 1. The molecule has 0 spiro atoms. The molecule has 3 nitrogen and oxygen atoms in total. The Morgan fingerprint density at radius 1 is 1.50 bits per heavy atom. The van der Waals surface area contributed by atoms with Gasteiger partial charge in [-0.05, 0) is 20.3 Å². The van der Waals surface area contributed by atoms with E-state index in [1.165, 1.54) is 0 Å². The number of hydrogen-bond donors (Lipinski definition) is 0. The van der Waals surface area contributed by atoms with E-state index in [1.54, 1.807) is 0 Å². The molecule has 0 atom stereocenters. The molecule has 0 N–H and O–H groups in total. The highest BCUT2D eigenvalue weighted by Gasteiger charge is 2.12. The highest BCUT2D eigenvalue weighted by Crippen LogP contribution is 2.14. The van der Waals surface area contributed by atoms with Gasteiger partial charge in [-0.15, -0.1) is 12.3 Å². The third-order valence-electron chi connectivity index (χ3n) is 2.81. The van der Waals surface area contributed by atoms with Crippen molar-refractivity contribution in [1.82, 2.24) is 9.78 Å². The monoisotopic (exact) mass is 218 g/mol. The van der Waals surface area contributed by atoms with Crippen LogP contribution in [-0.4, -0.2) is 15.6 Å². The Balaban J connectivity index is 2.60. The summed E-state index contributed by atoms with van der Waals surface area (Å²) in [6.07, 6.45) is 7.66. The van der Waals surface area contributed by atoms with Crippen molar-refractivity contribution in [2.45, 2.75) is 39.5 Å². The molecule has 0 saturated carbocycles. The van der Waals surface area contributed by atoms with E-state index in [0.29, 0.717) is 19.3 Å². The number of nitrogens with zero attached hydrogens (tertiary/aromatic N) is 2. The number of terminal acetylenes is 1. The maximum Gasteiger partial charge on any atom is 0.137 e. The molecule has 3 heteroatoms. The van der Waals surface area contributed by atoms with E-state index < -0.39 is 0 Å². The van der Waals surface area contributed by atoms with E-state index in [2.05, 4.69) is 11.0 Å². The Kier molecular flexibility index (Phi) is 4.30. The Labute approximate surface area is 96.8 Å². The fraction of sp³-hybridized carbons (Fsp3) is 0.538. The summed E-state index contributed by atoms with van der Waals surface area (Å²) in [5.74, 6) is 2.79. The van der Waals surface area contributed by atoms with Gasteiger partial charge in [-0.3, -0.25) is 9.48 Å². The standard InChI is InChI=1S/C13H18N2O/c1-5-6-7-8-12(16)9-13-10(2)14-15(4)11(13)3/h1H,6-9H2,2-4H3. The fourth-order valence-corrected chi connectivity index (χ4v) is 1.75. The van der Waals surface area contributed by atoms with E-state index in [-0.39, 0.29) is 5.78 Å². The van der Waals surface area contributed by atoms with Gasteiger partial charge in [0.2, 0.25) is 0 Å². The first kappa shape index (κ1) is 12.5. The van der Waals surface area contributed by atoms with E-state index in [0.717, 1.165) is 23.4 Å². The van der Waals surface area contributed by atoms with Gasteiger partial charge in [0.05, 0.1) is 5.69 Å². The quantitative estimate of drug-likeness (QED) is 0.559. The molecule has 0 bridgehead atoms. The Bertz CT molecular complexity index is 424. The van der Waals surface area contributed by atoms with Crippen LogP contribution in [0.1, 0.15) is 36.2 Å². The molecule has 1 heterocycles. The van der Waals surface area contributed by atoms with Crippen LogP contribution in [0.3, 0.4) is 0 Å². The average Bonchev–Trinajstić information content (AvgIpc) is 2.46. The Morgan fingerprint density at radius 2 is 2.19 bits per heavy atom. The molecule has 0 unspecified atom stereocenters. The summed E-state index contributed by atoms with van der Waals surface area (Å²) in [6.45, 7) is 3.93. The number of aromatic nitrogens is 2. The molecule has 1 rings (SSSR count). The first-order valence-corrected chi connectivity index (χ1v) is 5.50. The van der Waals surface area contributed by atoms with Gasteiger partial charge >= 0.3 is 0 Å². The lowest BCUT2D eigenvalue weighted by Crippen LogP contribution is -2.04. The predicted molar refractivity (Wildman–Crippen MR) is 64.1 cm³/mol. The van der Waals surface area contributed by atoms with Crippen LogP contribution in [0, 0.1) is 26.2 Å². The highest BCUT2D eigenvalue weighted by atomic mass is 16.1. The van der Waals surface area contributed by atoms with Gasteiger partial charge in [-0.1, -0.05) is 0 Å². The largest absolute Gasteiger partial charge is 0.299 e. The number of rotatable bonds is 5. The molecule has 86 valence electrons. The van der Waals surface area contributed by atoms with Crippen LogP contribution in [0.2, 0.25) is 0 Å². The van der Waals surface area contributed by atoms with Gasteiger partial charge in [-0.25, -0.2) is 0 Å². The Hall–Kier alpha value is -1.56. The minimum Gasteiger partial charge on any atom is -0.299 e. The van der Waals surface area contributed by atoms with Crippen LogP contribution < -0.4 is 0 Å². The van der Waals surface area contributed by atoms with Gasteiger partial charge in [0.15, 0.2) is 0 Å². The summed E-state index contributed by atoms with van der Waals surface area (Å²) >= 11 is 0. The second-order valence-corrected chi connectivity index (χ2v) is 4.05. The number of carbonyl (C=O) groups is 1. The van der Waals surface area contributed by atoms with Crippen molar-refractivity contribution in [3.8, 4) is 12.3 Å². The van der Waals surface area contributed by atoms with Gasteiger partial charge in [0.25, 0.3) is 0 Å². The molecule has 0 aliphatic rings. The minimum atomic E-state index is 0.245. The number of unbranched alkanes of at least 4 members (excludes halogenated alkanes) is 1. The molecular formula is C13H18N2O. The summed E-state index contributed by atoms with van der Waals surface area (Å²) in [5, 5.41) is 4.29. The zero-order chi connectivity index (χ0) is 12.1. The maximum atomic E-state index is 11.7. The summed E-state index contributed by atoms with van der Waals surface area (Å²) in [7, 11) is 1.90. The van der Waals surface area contributed by atoms with Crippen molar-refractivity contribution in [3.63, 3.8) is 0 Å². The second kappa shape index (κ2) is 5.50. The topological polar surface area (TPSA) is 34.9 Å². The van der Waals surface area contributed by atoms with Gasteiger partial charge in [0, 0.05) is 37.6 Å². The van der Waals surface area contributed by atoms with Gasteiger partial charge in [-0.2, -0.15) is 5.10 Å². The lowest BCUT2D eigenvalue weighted by atomic mass is 10.0. The zero-order valence-corrected chi connectivity index (χ0v) is 10.2. The minimum absolute atomic E-state index is 0.245. The molecule has 0 aliphatic heterocycles. The van der Waals surface area contributed by atoms with Crippen LogP contribution >= 0.6 is 0 Å². The SMILES string of the molecule is C#CCCCC(=O)Cc1c(C)nn(C)c1C. The van der Waals surface area contributed by atoms with Crippen molar-refractivity contribution >= 4 is 5.78 Å². The second-order valence-electron chi connectivity index (χ2n) is 4.05. The molecule has 0 fully saturated rings. The van der Waals surface area contributed by atoms with Crippen LogP contribution in [0.15, 0.2) is 0 Å². The molecule has 0 saturated heterocycles. The summed E-state index contributed by atoms with van der Waals surface area (Å²) in [4.78, 5) is 11.7. The predicted octanol–water partition coefficient (Wildman–Crippen LogP) is 1.95. The fourth-order valence-electron chi connectivity index (χ4n) is 1.75. The lowest BCUT2D eigenvalue weighted by Gasteiger charge is -2.01. The van der Waals surface area contributed by atoms with Crippen molar-refractivity contribution in [2.75, 3.05) is 0 Å². The normalized spacial score (nSPS) is 10.1. The third-order valence-corrected chi connectivity index (χ3v) is 2.81. The zero-order valence-electron chi connectivity index (χ0n) is 10.2. The van der Waals surface area contributed by atoms with Gasteiger partial charge < -0.3 is 0 Å². The van der Waals surface area contributed by atoms with Gasteiger partial charge in [0.1, 0.15) is 5.78 Å². The first-order chi connectivity index (χ1) is 7.56. The number of aryl methyl sites for hydroxylation is 2. The Morgan fingerprint density at radius 3 is 2.69 bits per heavy atom. The molecule has 0 amide bonds. The third kappa shape index (κ3) is 2.96. The molecule has 1 aromatic heterocycles. The van der Waals surface area contributed by atoms with Crippen LogP contribution in [0.4, 0.5) is 0 Å². The van der Waals surface area contributed by atoms with Crippen LogP contribution in [-0.2, 0) is 18.3 Å². The number of Topliss-reactive ketones (excluding diaryl/α,β-unsaturated/α-hetero) is 1. The lowest BCUT2D eigenvalue weighted by molar-refractivity contribution is -0.118. The van der Waals surface area contributed by atoms with Crippen LogP contribution in [0.25, 0.3) is 0 Å². The van der Waals surface area contributed by atoms with Crippen LogP contribution in [0.5, 0.6) is 0 Å². The summed E-state index contributed by atoms with van der Waals surface area (Å²) in [6, 6.07) is 0. The first-order valence-electron chi connectivity index (χ1n) is 5.50.